The Balaban J connectivity index is 2.03. The molecule has 17 heavy (non-hydrogen) atoms. The Morgan fingerprint density at radius 1 is 1.53 bits per heavy atom. The minimum absolute atomic E-state index is 0.0175. The van der Waals surface area contributed by atoms with Gasteiger partial charge in [0.2, 0.25) is 0 Å². The van der Waals surface area contributed by atoms with Gasteiger partial charge in [0.15, 0.2) is 0 Å². The maximum atomic E-state index is 12.1. The Morgan fingerprint density at radius 2 is 2.29 bits per heavy atom. The summed E-state index contributed by atoms with van der Waals surface area (Å²) in [4.78, 5) is 16.1. The third kappa shape index (κ3) is 2.57. The van der Waals surface area contributed by atoms with Gasteiger partial charge in [-0.25, -0.2) is 0 Å². The standard InChI is InChI=1S/C13H19N3O/c1-9(10-4-3-5-10)16-13(17)11-6-7-15-8-12(11)14-2/h6-10,14H,3-5H2,1-2H3,(H,16,17). The third-order valence-corrected chi connectivity index (χ3v) is 3.55. The second-order valence-corrected chi connectivity index (χ2v) is 4.62. The topological polar surface area (TPSA) is 54.0 Å². The quantitative estimate of drug-likeness (QED) is 0.836. The SMILES string of the molecule is CNc1cnccc1C(=O)NC(C)C1CCC1. The van der Waals surface area contributed by atoms with Crippen molar-refractivity contribution in [2.24, 2.45) is 5.92 Å². The van der Waals surface area contributed by atoms with Gasteiger partial charge in [-0.15, -0.1) is 0 Å². The summed E-state index contributed by atoms with van der Waals surface area (Å²) in [5.41, 5.74) is 1.43. The number of hydrogen-bond donors (Lipinski definition) is 2. The van der Waals surface area contributed by atoms with Crippen LogP contribution in [-0.2, 0) is 0 Å². The van der Waals surface area contributed by atoms with Crippen LogP contribution in [0.1, 0.15) is 36.5 Å². The maximum absolute atomic E-state index is 12.1. The second kappa shape index (κ2) is 5.17. The van der Waals surface area contributed by atoms with Crippen LogP contribution >= 0.6 is 0 Å². The normalized spacial score (nSPS) is 17.1. The highest BCUT2D eigenvalue weighted by Gasteiger charge is 2.25. The smallest absolute Gasteiger partial charge is 0.253 e. The van der Waals surface area contributed by atoms with Gasteiger partial charge in [-0.2, -0.15) is 0 Å². The fraction of sp³-hybridized carbons (Fsp3) is 0.538. The van der Waals surface area contributed by atoms with Gasteiger partial charge in [0.1, 0.15) is 0 Å². The predicted octanol–water partition coefficient (Wildman–Crippen LogP) is 2.04. The lowest BCUT2D eigenvalue weighted by Crippen LogP contribution is -2.40. The molecule has 1 aliphatic carbocycles. The highest BCUT2D eigenvalue weighted by Crippen LogP contribution is 2.29. The molecule has 1 aromatic heterocycles. The first-order valence-corrected chi connectivity index (χ1v) is 6.15. The van der Waals surface area contributed by atoms with Crippen LogP contribution in [0.3, 0.4) is 0 Å². The van der Waals surface area contributed by atoms with Crippen molar-refractivity contribution in [1.82, 2.24) is 10.3 Å². The summed E-state index contributed by atoms with van der Waals surface area (Å²) in [6.07, 6.45) is 7.07. The largest absolute Gasteiger partial charge is 0.386 e. The number of carbonyl (C=O) groups excluding carboxylic acids is 1. The molecule has 1 amide bonds. The first-order valence-electron chi connectivity index (χ1n) is 6.15. The predicted molar refractivity (Wildman–Crippen MR) is 68.1 cm³/mol. The molecule has 1 atom stereocenters. The van der Waals surface area contributed by atoms with Crippen LogP contribution in [0, 0.1) is 5.92 Å². The summed E-state index contributed by atoms with van der Waals surface area (Å²) >= 11 is 0. The van der Waals surface area contributed by atoms with Crippen LogP contribution in [0.5, 0.6) is 0 Å². The summed E-state index contributed by atoms with van der Waals surface area (Å²) in [7, 11) is 1.79. The van der Waals surface area contributed by atoms with E-state index in [-0.39, 0.29) is 11.9 Å². The number of rotatable bonds is 4. The van der Waals surface area contributed by atoms with Crippen molar-refractivity contribution in [1.29, 1.82) is 0 Å². The van der Waals surface area contributed by atoms with Crippen molar-refractivity contribution in [3.8, 4) is 0 Å². The van der Waals surface area contributed by atoms with Crippen LogP contribution in [0.2, 0.25) is 0 Å². The van der Waals surface area contributed by atoms with Crippen LogP contribution < -0.4 is 10.6 Å². The average molecular weight is 233 g/mol. The van der Waals surface area contributed by atoms with Crippen LogP contribution in [-0.4, -0.2) is 24.0 Å². The number of pyridine rings is 1. The summed E-state index contributed by atoms with van der Waals surface area (Å²) in [5.74, 6) is 0.634. The number of nitrogens with zero attached hydrogens (tertiary/aromatic N) is 1. The van der Waals surface area contributed by atoms with E-state index in [2.05, 4.69) is 22.5 Å². The van der Waals surface area contributed by atoms with E-state index in [1.807, 2.05) is 0 Å². The van der Waals surface area contributed by atoms with E-state index in [0.717, 1.165) is 5.69 Å². The molecular weight excluding hydrogens is 214 g/mol. The van der Waals surface area contributed by atoms with Crippen molar-refractivity contribution in [2.75, 3.05) is 12.4 Å². The molecule has 4 nitrogen and oxygen atoms in total. The number of amides is 1. The van der Waals surface area contributed by atoms with Crippen molar-refractivity contribution in [3.63, 3.8) is 0 Å². The van der Waals surface area contributed by atoms with E-state index < -0.39 is 0 Å². The maximum Gasteiger partial charge on any atom is 0.253 e. The molecule has 1 unspecified atom stereocenters. The molecule has 0 bridgehead atoms. The molecule has 2 N–H and O–H groups in total. The molecule has 1 saturated carbocycles. The summed E-state index contributed by atoms with van der Waals surface area (Å²) in [6, 6.07) is 2.00. The minimum atomic E-state index is -0.0175. The van der Waals surface area contributed by atoms with E-state index >= 15 is 0 Å². The molecule has 0 spiro atoms. The van der Waals surface area contributed by atoms with E-state index in [0.29, 0.717) is 11.5 Å². The van der Waals surface area contributed by atoms with Crippen molar-refractivity contribution >= 4 is 11.6 Å². The first kappa shape index (κ1) is 11.9. The fourth-order valence-electron chi connectivity index (χ4n) is 2.13. The molecule has 0 aliphatic heterocycles. The molecule has 0 aromatic carbocycles. The summed E-state index contributed by atoms with van der Waals surface area (Å²) < 4.78 is 0. The Bertz CT molecular complexity index is 401. The molecular formula is C13H19N3O. The van der Waals surface area contributed by atoms with Crippen molar-refractivity contribution < 1.29 is 4.79 Å². The van der Waals surface area contributed by atoms with Crippen molar-refractivity contribution in [2.45, 2.75) is 32.2 Å². The highest BCUT2D eigenvalue weighted by molar-refractivity contribution is 5.99. The Hall–Kier alpha value is -1.58. The number of hydrogen-bond acceptors (Lipinski definition) is 3. The van der Waals surface area contributed by atoms with Crippen molar-refractivity contribution in [3.05, 3.63) is 24.0 Å². The zero-order valence-corrected chi connectivity index (χ0v) is 10.4. The van der Waals surface area contributed by atoms with Crippen LogP contribution in [0.15, 0.2) is 18.5 Å². The molecule has 4 heteroatoms. The van der Waals surface area contributed by atoms with Gasteiger partial charge in [-0.3, -0.25) is 9.78 Å². The van der Waals surface area contributed by atoms with Gasteiger partial charge in [0.25, 0.3) is 5.91 Å². The van der Waals surface area contributed by atoms with Crippen LogP contribution in [0.4, 0.5) is 5.69 Å². The van der Waals surface area contributed by atoms with Gasteiger partial charge in [0, 0.05) is 19.3 Å². The minimum Gasteiger partial charge on any atom is -0.386 e. The van der Waals surface area contributed by atoms with Gasteiger partial charge in [0.05, 0.1) is 17.4 Å². The highest BCUT2D eigenvalue weighted by atomic mass is 16.1. The molecule has 1 aliphatic rings. The number of anilines is 1. The number of nitrogens with one attached hydrogen (secondary N) is 2. The third-order valence-electron chi connectivity index (χ3n) is 3.55. The van der Waals surface area contributed by atoms with Gasteiger partial charge >= 0.3 is 0 Å². The fourth-order valence-corrected chi connectivity index (χ4v) is 2.13. The first-order chi connectivity index (χ1) is 8.22. The monoisotopic (exact) mass is 233 g/mol. The van der Waals surface area contributed by atoms with E-state index in [1.54, 1.807) is 25.5 Å². The van der Waals surface area contributed by atoms with Gasteiger partial charge in [-0.05, 0) is 31.7 Å². The van der Waals surface area contributed by atoms with E-state index in [4.69, 9.17) is 0 Å². The molecule has 92 valence electrons. The summed E-state index contributed by atoms with van der Waals surface area (Å²) in [6.45, 7) is 2.09. The lowest BCUT2D eigenvalue weighted by Gasteiger charge is -2.32. The number of carbonyl (C=O) groups is 1. The Kier molecular flexibility index (Phi) is 3.61. The van der Waals surface area contributed by atoms with Crippen LogP contribution in [0.25, 0.3) is 0 Å². The van der Waals surface area contributed by atoms with E-state index in [9.17, 15) is 4.79 Å². The molecule has 2 rings (SSSR count). The Morgan fingerprint density at radius 3 is 2.88 bits per heavy atom. The number of aromatic nitrogens is 1. The van der Waals surface area contributed by atoms with E-state index in [1.165, 1.54) is 19.3 Å². The average Bonchev–Trinajstić information content (AvgIpc) is 2.26. The second-order valence-electron chi connectivity index (χ2n) is 4.62. The van der Waals surface area contributed by atoms with Gasteiger partial charge < -0.3 is 10.6 Å². The molecule has 0 radical (unpaired) electrons. The summed E-state index contributed by atoms with van der Waals surface area (Å²) in [5, 5.41) is 6.05. The zero-order chi connectivity index (χ0) is 12.3. The lowest BCUT2D eigenvalue weighted by atomic mass is 9.80. The molecule has 1 aromatic rings. The molecule has 1 heterocycles. The zero-order valence-electron chi connectivity index (χ0n) is 10.4. The lowest BCUT2D eigenvalue weighted by molar-refractivity contribution is 0.0910. The van der Waals surface area contributed by atoms with Gasteiger partial charge in [-0.1, -0.05) is 6.42 Å². The molecule has 1 fully saturated rings. The molecule has 0 saturated heterocycles. The Labute approximate surface area is 102 Å².